The van der Waals surface area contributed by atoms with E-state index in [9.17, 15) is 9.90 Å². The van der Waals surface area contributed by atoms with Gasteiger partial charge in [-0.05, 0) is 60.9 Å². The Labute approximate surface area is 205 Å². The van der Waals surface area contributed by atoms with E-state index < -0.39 is 0 Å². The molecule has 1 saturated carbocycles. The molecule has 0 spiro atoms. The zero-order valence-corrected chi connectivity index (χ0v) is 19.7. The van der Waals surface area contributed by atoms with E-state index in [1.165, 1.54) is 5.56 Å². The number of nitrogens with one attached hydrogen (secondary N) is 1. The summed E-state index contributed by atoms with van der Waals surface area (Å²) in [5.74, 6) is 0.418. The second kappa shape index (κ2) is 8.34. The van der Waals surface area contributed by atoms with Crippen LogP contribution in [0.15, 0.2) is 66.9 Å². The number of rotatable bonds is 6. The summed E-state index contributed by atoms with van der Waals surface area (Å²) in [5, 5.41) is 22.3. The fraction of sp³-hybridized carbons (Fsp3) is 0.393. The van der Waals surface area contributed by atoms with Gasteiger partial charge in [0.2, 0.25) is 5.91 Å². The van der Waals surface area contributed by atoms with E-state index in [-0.39, 0.29) is 28.4 Å². The van der Waals surface area contributed by atoms with E-state index in [1.807, 2.05) is 18.2 Å². The van der Waals surface area contributed by atoms with Gasteiger partial charge in [0.05, 0.1) is 17.6 Å². The van der Waals surface area contributed by atoms with Crippen LogP contribution in [0.2, 0.25) is 0 Å². The van der Waals surface area contributed by atoms with Crippen molar-refractivity contribution >= 4 is 11.6 Å². The number of fused-ring (bicyclic) bond motifs is 1. The molecule has 2 aliphatic heterocycles. The highest BCUT2D eigenvalue weighted by atomic mass is 16.3. The standard InChI is InChI=1S/C28H31N5O2/c29-26(35)25-22-16-30-18-28(22,25)17-27(19-6-2-1-3-7-19)10-12-33(13-11-27)20-14-23(32-31-15-20)21-8-4-5-9-24(21)34/h1-9,14-15,22,25,30,34H,10-13,16-18H2,(H2,29,35). The topological polar surface area (TPSA) is 104 Å². The predicted molar refractivity (Wildman–Crippen MR) is 135 cm³/mol. The van der Waals surface area contributed by atoms with Crippen molar-refractivity contribution < 1.29 is 9.90 Å². The van der Waals surface area contributed by atoms with Crippen LogP contribution >= 0.6 is 0 Å². The Hall–Kier alpha value is -3.45. The van der Waals surface area contributed by atoms with Crippen LogP contribution in [0.4, 0.5) is 5.69 Å². The molecule has 4 N–H and O–H groups in total. The molecule has 3 heterocycles. The Morgan fingerprint density at radius 1 is 1.11 bits per heavy atom. The molecule has 2 aromatic carbocycles. The fourth-order valence-corrected chi connectivity index (χ4v) is 6.92. The number of nitrogens with zero attached hydrogens (tertiary/aromatic N) is 3. The molecule has 6 rings (SSSR count). The second-order valence-electron chi connectivity index (χ2n) is 10.5. The number of hydrogen-bond donors (Lipinski definition) is 3. The normalized spacial score (nSPS) is 26.8. The van der Waals surface area contributed by atoms with Gasteiger partial charge in [-0.15, -0.1) is 0 Å². The van der Waals surface area contributed by atoms with Crippen LogP contribution in [0, 0.1) is 17.3 Å². The lowest BCUT2D eigenvalue weighted by Gasteiger charge is -2.45. The van der Waals surface area contributed by atoms with Gasteiger partial charge in [0, 0.05) is 36.5 Å². The minimum Gasteiger partial charge on any atom is -0.507 e. The molecule has 3 fully saturated rings. The number of aromatic hydroxyl groups is 1. The van der Waals surface area contributed by atoms with Crippen LogP contribution in [-0.2, 0) is 10.2 Å². The minimum atomic E-state index is -0.142. The van der Waals surface area contributed by atoms with Crippen LogP contribution in [0.1, 0.15) is 24.8 Å². The molecule has 0 radical (unpaired) electrons. The Bertz CT molecular complexity index is 1240. The van der Waals surface area contributed by atoms with Crippen molar-refractivity contribution in [2.75, 3.05) is 31.1 Å². The summed E-state index contributed by atoms with van der Waals surface area (Å²) < 4.78 is 0. The van der Waals surface area contributed by atoms with Crippen molar-refractivity contribution in [3.8, 4) is 17.0 Å². The molecule has 2 saturated heterocycles. The Balaban J connectivity index is 1.27. The van der Waals surface area contributed by atoms with Gasteiger partial charge < -0.3 is 21.1 Å². The number of aromatic nitrogens is 2. The van der Waals surface area contributed by atoms with Gasteiger partial charge in [-0.3, -0.25) is 4.79 Å². The lowest BCUT2D eigenvalue weighted by atomic mass is 9.66. The zero-order valence-electron chi connectivity index (χ0n) is 19.7. The lowest BCUT2D eigenvalue weighted by molar-refractivity contribution is -0.120. The van der Waals surface area contributed by atoms with E-state index in [1.54, 1.807) is 18.3 Å². The van der Waals surface area contributed by atoms with Crippen molar-refractivity contribution in [1.29, 1.82) is 0 Å². The number of anilines is 1. The molecular weight excluding hydrogens is 438 g/mol. The third-order valence-electron chi connectivity index (χ3n) is 8.74. The number of amides is 1. The Morgan fingerprint density at radius 2 is 1.86 bits per heavy atom. The van der Waals surface area contributed by atoms with E-state index in [4.69, 9.17) is 5.73 Å². The molecule has 180 valence electrons. The maximum absolute atomic E-state index is 12.2. The fourth-order valence-electron chi connectivity index (χ4n) is 6.92. The molecule has 3 atom stereocenters. The Morgan fingerprint density at radius 3 is 2.57 bits per heavy atom. The highest BCUT2D eigenvalue weighted by molar-refractivity contribution is 5.82. The number of piperidine rings is 2. The highest BCUT2D eigenvalue weighted by Gasteiger charge is 2.70. The first-order chi connectivity index (χ1) is 17.0. The van der Waals surface area contributed by atoms with Gasteiger partial charge in [-0.2, -0.15) is 10.2 Å². The zero-order chi connectivity index (χ0) is 24.0. The number of carbonyl (C=O) groups is 1. The van der Waals surface area contributed by atoms with Gasteiger partial charge in [-0.25, -0.2) is 0 Å². The maximum atomic E-state index is 12.2. The number of primary amides is 1. The van der Waals surface area contributed by atoms with Gasteiger partial charge >= 0.3 is 0 Å². The molecule has 0 bridgehead atoms. The van der Waals surface area contributed by atoms with Gasteiger partial charge in [-0.1, -0.05) is 42.5 Å². The summed E-state index contributed by atoms with van der Waals surface area (Å²) in [6, 6.07) is 20.0. The van der Waals surface area contributed by atoms with Crippen molar-refractivity contribution in [3.05, 3.63) is 72.4 Å². The van der Waals surface area contributed by atoms with E-state index in [0.717, 1.165) is 51.1 Å². The predicted octanol–water partition coefficient (Wildman–Crippen LogP) is 3.10. The number of benzene rings is 2. The van der Waals surface area contributed by atoms with E-state index in [2.05, 4.69) is 50.7 Å². The first-order valence-corrected chi connectivity index (χ1v) is 12.4. The summed E-state index contributed by atoms with van der Waals surface area (Å²) in [6.07, 6.45) is 4.77. The summed E-state index contributed by atoms with van der Waals surface area (Å²) in [5.41, 5.74) is 9.54. The molecule has 3 aromatic rings. The quantitative estimate of drug-likeness (QED) is 0.513. The van der Waals surface area contributed by atoms with Crippen molar-refractivity contribution in [1.82, 2.24) is 15.5 Å². The number of hydrogen-bond acceptors (Lipinski definition) is 6. The molecule has 3 unspecified atom stereocenters. The van der Waals surface area contributed by atoms with Gasteiger partial charge in [0.25, 0.3) is 0 Å². The molecule has 7 heteroatoms. The van der Waals surface area contributed by atoms with Crippen molar-refractivity contribution in [3.63, 3.8) is 0 Å². The van der Waals surface area contributed by atoms with Crippen LogP contribution < -0.4 is 16.0 Å². The van der Waals surface area contributed by atoms with Crippen LogP contribution in [0.3, 0.4) is 0 Å². The minimum absolute atomic E-state index is 0.00660. The molecule has 7 nitrogen and oxygen atoms in total. The summed E-state index contributed by atoms with van der Waals surface area (Å²) in [4.78, 5) is 14.6. The number of phenolic OH excluding ortho intramolecular Hbond substituents is 1. The SMILES string of the molecule is NC(=O)C1C2CNCC21CC1(c2ccccc2)CCN(c2cnnc(-c3ccccc3O)c2)CC1. The summed E-state index contributed by atoms with van der Waals surface area (Å²) in [7, 11) is 0. The summed E-state index contributed by atoms with van der Waals surface area (Å²) >= 11 is 0. The van der Waals surface area contributed by atoms with Crippen LogP contribution in [0.5, 0.6) is 5.75 Å². The molecule has 1 aliphatic carbocycles. The average molecular weight is 470 g/mol. The number of phenols is 1. The molecular formula is C28H31N5O2. The second-order valence-corrected chi connectivity index (χ2v) is 10.5. The number of carbonyl (C=O) groups excluding carboxylic acids is 1. The van der Waals surface area contributed by atoms with Crippen LogP contribution in [0.25, 0.3) is 11.3 Å². The third kappa shape index (κ3) is 3.65. The molecule has 35 heavy (non-hydrogen) atoms. The molecule has 1 aromatic heterocycles. The first kappa shape index (κ1) is 22.0. The first-order valence-electron chi connectivity index (χ1n) is 12.4. The Kier molecular flexibility index (Phi) is 5.25. The largest absolute Gasteiger partial charge is 0.507 e. The monoisotopic (exact) mass is 469 g/mol. The third-order valence-corrected chi connectivity index (χ3v) is 8.74. The van der Waals surface area contributed by atoms with E-state index >= 15 is 0 Å². The van der Waals surface area contributed by atoms with E-state index in [0.29, 0.717) is 17.2 Å². The molecule has 3 aliphatic rings. The van der Waals surface area contributed by atoms with Gasteiger partial charge in [0.15, 0.2) is 0 Å². The molecule has 1 amide bonds. The number of para-hydroxylation sites is 1. The van der Waals surface area contributed by atoms with Crippen molar-refractivity contribution in [2.24, 2.45) is 23.0 Å². The average Bonchev–Trinajstić information content (AvgIpc) is 3.32. The highest BCUT2D eigenvalue weighted by Crippen LogP contribution is 2.66. The number of nitrogens with two attached hydrogens (primary N) is 1. The maximum Gasteiger partial charge on any atom is 0.221 e. The van der Waals surface area contributed by atoms with Crippen LogP contribution in [-0.4, -0.2) is 47.4 Å². The van der Waals surface area contributed by atoms with Gasteiger partial charge in [0.1, 0.15) is 5.75 Å². The lowest BCUT2D eigenvalue weighted by Crippen LogP contribution is -2.45. The van der Waals surface area contributed by atoms with Crippen molar-refractivity contribution in [2.45, 2.75) is 24.7 Å². The smallest absolute Gasteiger partial charge is 0.221 e. The summed E-state index contributed by atoms with van der Waals surface area (Å²) in [6.45, 7) is 3.54.